The zero-order valence-electron chi connectivity index (χ0n) is 25.7. The Labute approximate surface area is 262 Å². The van der Waals surface area contributed by atoms with Gasteiger partial charge in [-0.1, -0.05) is 0 Å². The zero-order valence-corrected chi connectivity index (χ0v) is 29.7. The van der Waals surface area contributed by atoms with Gasteiger partial charge in [-0.3, -0.25) is 0 Å². The molecule has 2 aromatic carbocycles. The number of fused-ring (bicyclic) bond motifs is 4. The first kappa shape index (κ1) is 31.3. The summed E-state index contributed by atoms with van der Waals surface area (Å²) in [5, 5.41) is 0. The van der Waals surface area contributed by atoms with E-state index in [0.29, 0.717) is 7.25 Å². The Hall–Kier alpha value is -0.617. The zero-order chi connectivity index (χ0) is 26.7. The molecule has 2 aromatic rings. The summed E-state index contributed by atoms with van der Waals surface area (Å²) >= 11 is -0.810. The van der Waals surface area contributed by atoms with Crippen LogP contribution in [-0.4, -0.2) is 0 Å². The van der Waals surface area contributed by atoms with E-state index < -0.39 is 23.2 Å². The average molecular weight is 641 g/mol. The van der Waals surface area contributed by atoms with Crippen molar-refractivity contribution in [2.75, 3.05) is 0 Å². The van der Waals surface area contributed by atoms with Gasteiger partial charge in [-0.2, -0.15) is 0 Å². The third kappa shape index (κ3) is 4.94. The molecule has 0 amide bonds. The molecule has 0 nitrogen and oxygen atoms in total. The van der Waals surface area contributed by atoms with Crippen LogP contribution in [0.3, 0.4) is 0 Å². The van der Waals surface area contributed by atoms with Crippen molar-refractivity contribution in [3.05, 3.63) is 80.9 Å². The first-order valence-electron chi connectivity index (χ1n) is 14.6. The van der Waals surface area contributed by atoms with Crippen LogP contribution in [0.2, 0.25) is 0 Å². The minimum absolute atomic E-state index is 0. The third-order valence-electron chi connectivity index (χ3n) is 10.8. The van der Waals surface area contributed by atoms with Gasteiger partial charge in [0.15, 0.2) is 0 Å². The molecule has 0 aliphatic heterocycles. The van der Waals surface area contributed by atoms with Crippen molar-refractivity contribution in [3.63, 3.8) is 0 Å². The van der Waals surface area contributed by atoms with Crippen LogP contribution >= 0.6 is 0 Å². The molecule has 0 saturated carbocycles. The van der Waals surface area contributed by atoms with E-state index in [1.54, 1.807) is 44.5 Å². The van der Waals surface area contributed by atoms with Crippen molar-refractivity contribution in [1.29, 1.82) is 0 Å². The number of hydrogen-bond donors (Lipinski definition) is 0. The van der Waals surface area contributed by atoms with Crippen LogP contribution in [0.5, 0.6) is 0 Å². The van der Waals surface area contributed by atoms with Gasteiger partial charge < -0.3 is 24.8 Å². The maximum Gasteiger partial charge on any atom is -1.00 e. The second kappa shape index (κ2) is 9.99. The minimum Gasteiger partial charge on any atom is -1.00 e. The van der Waals surface area contributed by atoms with Gasteiger partial charge in [0.1, 0.15) is 0 Å². The maximum atomic E-state index is 2.68. The smallest absolute Gasteiger partial charge is 1.00 e. The van der Waals surface area contributed by atoms with E-state index >= 15 is 0 Å². The number of halogens is 2. The van der Waals surface area contributed by atoms with Crippen molar-refractivity contribution in [1.82, 2.24) is 0 Å². The minimum atomic E-state index is -0.810. The normalized spacial score (nSPS) is 25.9. The molecule has 6 rings (SSSR count). The summed E-state index contributed by atoms with van der Waals surface area (Å²) in [4.78, 5) is 0. The van der Waals surface area contributed by atoms with Crippen LogP contribution in [0.1, 0.15) is 147 Å². The second-order valence-electron chi connectivity index (χ2n) is 15.3. The summed E-state index contributed by atoms with van der Waals surface area (Å²) in [5.74, 6) is 0. The Morgan fingerprint density at radius 1 is 0.513 bits per heavy atom. The van der Waals surface area contributed by atoms with Crippen molar-refractivity contribution in [2.45, 2.75) is 124 Å². The van der Waals surface area contributed by atoms with E-state index in [2.05, 4.69) is 106 Å². The number of allylic oxidation sites excluding steroid dienone is 4. The topological polar surface area (TPSA) is 0 Å². The Morgan fingerprint density at radius 3 is 1.10 bits per heavy atom. The monoisotopic (exact) mass is 638 g/mol. The molecular weight excluding hydrogens is 595 g/mol. The van der Waals surface area contributed by atoms with Gasteiger partial charge in [-0.05, 0) is 0 Å². The molecule has 4 aliphatic rings. The number of benzene rings is 2. The van der Waals surface area contributed by atoms with E-state index in [9.17, 15) is 0 Å². The van der Waals surface area contributed by atoms with E-state index in [-0.39, 0.29) is 46.5 Å². The summed E-state index contributed by atoms with van der Waals surface area (Å²) in [6, 6.07) is 10.6. The third-order valence-corrected chi connectivity index (χ3v) is 14.9. The average Bonchev–Trinajstić information content (AvgIpc) is 3.29. The molecule has 0 aromatic heterocycles. The standard InChI is InChI=1S/2C18H23.2ClH.Zr/c2*1-12-6-7-13-10-15-16(11-14(12)13)18(4,5)9-8-17(15,2)3;;;/h2*6-7,10-11H,8-9H2,1-5H3;2*1H;/q;;;;+2/p-2. The molecular formula is C36H46Cl2Zr. The molecule has 0 fully saturated rings. The molecule has 4 aliphatic carbocycles. The summed E-state index contributed by atoms with van der Waals surface area (Å²) in [6.07, 6.45) is 10.5. The van der Waals surface area contributed by atoms with Crippen LogP contribution in [0.4, 0.5) is 0 Å². The molecule has 0 heterocycles. The van der Waals surface area contributed by atoms with Gasteiger partial charge in [0.25, 0.3) is 0 Å². The molecule has 0 radical (unpaired) electrons. The predicted octanol–water partition coefficient (Wildman–Crippen LogP) is 4.09. The van der Waals surface area contributed by atoms with Gasteiger partial charge in [-0.25, -0.2) is 0 Å². The fourth-order valence-corrected chi connectivity index (χ4v) is 12.5. The molecule has 2 atom stereocenters. The molecule has 3 heteroatoms. The summed E-state index contributed by atoms with van der Waals surface area (Å²) in [5.41, 5.74) is 17.1. The van der Waals surface area contributed by atoms with Gasteiger partial charge in [0.05, 0.1) is 0 Å². The van der Waals surface area contributed by atoms with Crippen LogP contribution in [0.25, 0.3) is 11.1 Å². The summed E-state index contributed by atoms with van der Waals surface area (Å²) < 4.78 is 1.34. The predicted molar refractivity (Wildman–Crippen MR) is 156 cm³/mol. The molecule has 0 spiro atoms. The molecule has 2 unspecified atom stereocenters. The van der Waals surface area contributed by atoms with Gasteiger partial charge >= 0.3 is 239 Å². The quantitative estimate of drug-likeness (QED) is 0.464. The maximum absolute atomic E-state index is 2.68. The SMILES string of the molecule is CC1=C[CH]([Zr+2][CH]2C=C(C)c3cc4c(cc32)C(C)(C)CCC4(C)C)c2cc3c(cc21)C(C)(C)CCC3(C)C.[Cl-].[Cl-]. The fraction of sp³-hybridized carbons (Fsp3) is 0.556. The van der Waals surface area contributed by atoms with Crippen LogP contribution in [0.15, 0.2) is 36.4 Å². The largest absolute Gasteiger partial charge is 1.00 e. The fourth-order valence-electron chi connectivity index (χ4n) is 7.79. The van der Waals surface area contributed by atoms with E-state index in [4.69, 9.17) is 0 Å². The van der Waals surface area contributed by atoms with Crippen molar-refractivity contribution >= 4 is 11.1 Å². The molecule has 39 heavy (non-hydrogen) atoms. The van der Waals surface area contributed by atoms with Gasteiger partial charge in [0.2, 0.25) is 0 Å². The Kier molecular flexibility index (Phi) is 8.02. The first-order valence-corrected chi connectivity index (χ1v) is 17.5. The summed E-state index contributed by atoms with van der Waals surface area (Å²) in [6.45, 7) is 24.5. The van der Waals surface area contributed by atoms with Crippen molar-refractivity contribution in [3.8, 4) is 0 Å². The van der Waals surface area contributed by atoms with Gasteiger partial charge in [0, 0.05) is 0 Å². The van der Waals surface area contributed by atoms with Crippen LogP contribution in [0, 0.1) is 0 Å². The Bertz CT molecular complexity index is 1280. The Morgan fingerprint density at radius 2 is 0.795 bits per heavy atom. The molecule has 0 N–H and O–H groups in total. The molecule has 208 valence electrons. The number of hydrogen-bond acceptors (Lipinski definition) is 0. The second-order valence-corrected chi connectivity index (χ2v) is 19.2. The number of rotatable bonds is 2. The van der Waals surface area contributed by atoms with Crippen LogP contribution < -0.4 is 24.8 Å². The summed E-state index contributed by atoms with van der Waals surface area (Å²) in [7, 11) is 0. The van der Waals surface area contributed by atoms with Crippen LogP contribution in [-0.2, 0) is 44.9 Å². The van der Waals surface area contributed by atoms with Crippen molar-refractivity contribution in [2.24, 2.45) is 0 Å². The van der Waals surface area contributed by atoms with E-state index in [1.807, 2.05) is 0 Å². The van der Waals surface area contributed by atoms with E-state index in [1.165, 1.54) is 36.8 Å². The van der Waals surface area contributed by atoms with Crippen molar-refractivity contribution < 1.29 is 48.0 Å². The van der Waals surface area contributed by atoms with E-state index in [0.717, 1.165) is 0 Å². The molecule has 0 bridgehead atoms. The first-order chi connectivity index (χ1) is 17.1. The molecule has 0 saturated heterocycles. The van der Waals surface area contributed by atoms with Gasteiger partial charge in [-0.15, -0.1) is 0 Å². The Balaban J connectivity index is 0.00000176.